The number of esters is 1. The molecule has 0 saturated carbocycles. The summed E-state index contributed by atoms with van der Waals surface area (Å²) in [4.78, 5) is 12.1. The molecule has 0 N–H and O–H groups in total. The van der Waals surface area contributed by atoms with E-state index in [4.69, 9.17) is 9.47 Å². The number of carbonyl (C=O) groups excluding carboxylic acids is 1. The fourth-order valence-electron chi connectivity index (χ4n) is 3.82. The van der Waals surface area contributed by atoms with Crippen LogP contribution in [0.5, 0.6) is 11.5 Å². The highest BCUT2D eigenvalue weighted by atomic mass is 16.5. The van der Waals surface area contributed by atoms with Gasteiger partial charge in [0.15, 0.2) is 0 Å². The zero-order chi connectivity index (χ0) is 20.3. The molecule has 0 radical (unpaired) electrons. The van der Waals surface area contributed by atoms with Gasteiger partial charge in [-0.25, -0.2) is 4.79 Å². The third kappa shape index (κ3) is 4.04. The van der Waals surface area contributed by atoms with Crippen LogP contribution in [0.4, 0.5) is 0 Å². The van der Waals surface area contributed by atoms with Gasteiger partial charge in [-0.3, -0.25) is 0 Å². The van der Waals surface area contributed by atoms with Crippen LogP contribution in [0.2, 0.25) is 0 Å². The van der Waals surface area contributed by atoms with E-state index in [0.717, 1.165) is 58.9 Å². The smallest absolute Gasteiger partial charge is 0.335 e. The van der Waals surface area contributed by atoms with Gasteiger partial charge in [0.1, 0.15) is 11.5 Å². The lowest BCUT2D eigenvalue weighted by Crippen LogP contribution is -2.12. The van der Waals surface area contributed by atoms with Gasteiger partial charge in [0, 0.05) is 28.0 Å². The van der Waals surface area contributed by atoms with E-state index in [9.17, 15) is 4.79 Å². The van der Waals surface area contributed by atoms with Crippen LogP contribution in [-0.2, 0) is 17.6 Å². The number of fused-ring (bicyclic) bond motifs is 2. The van der Waals surface area contributed by atoms with Gasteiger partial charge in [-0.05, 0) is 52.5 Å². The molecule has 0 bridgehead atoms. The molecular weight excluding hydrogens is 348 g/mol. The number of hydrogen-bond acceptors (Lipinski definition) is 3. The number of ether oxygens (including phenoxy) is 2. The number of hydrogen-bond donors (Lipinski definition) is 0. The summed E-state index contributed by atoms with van der Waals surface area (Å²) in [5.41, 5.74) is 6.01. The summed E-state index contributed by atoms with van der Waals surface area (Å²) >= 11 is 0. The second-order valence-corrected chi connectivity index (χ2v) is 7.56. The molecule has 0 unspecified atom stereocenters. The summed E-state index contributed by atoms with van der Waals surface area (Å²) < 4.78 is 11.6. The quantitative estimate of drug-likeness (QED) is 0.268. The van der Waals surface area contributed by atoms with Crippen molar-refractivity contribution in [3.05, 3.63) is 70.8 Å². The lowest BCUT2D eigenvalue weighted by molar-refractivity contribution is -0.128. The van der Waals surface area contributed by atoms with E-state index in [1.807, 2.05) is 12.1 Å². The molecule has 1 aliphatic rings. The molecular formula is C25H28O3. The number of methoxy groups -OCH3 is 1. The first kappa shape index (κ1) is 19.9. The molecule has 0 aliphatic heterocycles. The van der Waals surface area contributed by atoms with E-state index >= 15 is 0 Å². The topological polar surface area (TPSA) is 35.5 Å². The predicted molar refractivity (Wildman–Crippen MR) is 115 cm³/mol. The molecule has 2 aromatic rings. The van der Waals surface area contributed by atoms with Gasteiger partial charge in [-0.2, -0.15) is 0 Å². The largest absolute Gasteiger partial charge is 0.496 e. The molecule has 0 amide bonds. The zero-order valence-electron chi connectivity index (χ0n) is 17.2. The SMILES string of the molecule is C=CC(=O)Oc1c2c(c(OC)c3cc(C)ccc13)CC=C(CCC=C(C)C)C2. The Bertz CT molecular complexity index is 989. The third-order valence-electron chi connectivity index (χ3n) is 5.17. The molecule has 3 heteroatoms. The van der Waals surface area contributed by atoms with Crippen molar-refractivity contribution >= 4 is 16.7 Å². The van der Waals surface area contributed by atoms with E-state index in [1.165, 1.54) is 17.2 Å². The minimum absolute atomic E-state index is 0.435. The van der Waals surface area contributed by atoms with E-state index in [0.29, 0.717) is 5.75 Å². The Morgan fingerprint density at radius 1 is 1.18 bits per heavy atom. The number of rotatable bonds is 6. The lowest BCUT2D eigenvalue weighted by atomic mass is 9.85. The van der Waals surface area contributed by atoms with Crippen molar-refractivity contribution in [2.24, 2.45) is 0 Å². The molecule has 0 fully saturated rings. The highest BCUT2D eigenvalue weighted by Gasteiger charge is 2.25. The highest BCUT2D eigenvalue weighted by molar-refractivity contribution is 5.99. The Hall–Kier alpha value is -2.81. The predicted octanol–water partition coefficient (Wildman–Crippen LogP) is 6.02. The summed E-state index contributed by atoms with van der Waals surface area (Å²) in [5, 5.41) is 1.89. The van der Waals surface area contributed by atoms with E-state index in [-0.39, 0.29) is 0 Å². The van der Waals surface area contributed by atoms with Gasteiger partial charge in [-0.15, -0.1) is 0 Å². The maximum absolute atomic E-state index is 12.1. The molecule has 146 valence electrons. The summed E-state index contributed by atoms with van der Waals surface area (Å²) in [5.74, 6) is 1.09. The van der Waals surface area contributed by atoms with Crippen molar-refractivity contribution in [1.29, 1.82) is 0 Å². The first-order chi connectivity index (χ1) is 13.4. The number of carbonyl (C=O) groups is 1. The van der Waals surface area contributed by atoms with Crippen LogP contribution in [0.3, 0.4) is 0 Å². The minimum atomic E-state index is -0.435. The molecule has 0 heterocycles. The molecule has 0 aromatic heterocycles. The van der Waals surface area contributed by atoms with Crippen molar-refractivity contribution in [2.75, 3.05) is 7.11 Å². The van der Waals surface area contributed by atoms with Gasteiger partial charge >= 0.3 is 5.97 Å². The molecule has 3 rings (SSSR count). The van der Waals surface area contributed by atoms with Gasteiger partial charge in [0.05, 0.1) is 7.11 Å². The third-order valence-corrected chi connectivity index (χ3v) is 5.17. The van der Waals surface area contributed by atoms with Crippen LogP contribution in [0.15, 0.2) is 54.2 Å². The van der Waals surface area contributed by atoms with Crippen molar-refractivity contribution in [1.82, 2.24) is 0 Å². The Balaban J connectivity index is 2.13. The molecule has 28 heavy (non-hydrogen) atoms. The van der Waals surface area contributed by atoms with Crippen molar-refractivity contribution in [2.45, 2.75) is 46.5 Å². The van der Waals surface area contributed by atoms with E-state index in [1.54, 1.807) is 7.11 Å². The van der Waals surface area contributed by atoms with Crippen LogP contribution in [0, 0.1) is 6.92 Å². The lowest BCUT2D eigenvalue weighted by Gasteiger charge is -2.24. The van der Waals surface area contributed by atoms with E-state index in [2.05, 4.69) is 45.6 Å². The zero-order valence-corrected chi connectivity index (χ0v) is 17.2. The Morgan fingerprint density at radius 3 is 2.64 bits per heavy atom. The standard InChI is InChI=1S/C25H28O3/c1-6-23(26)28-25-20-12-10-17(4)14-21(20)24(27-5)19-13-11-18(15-22(19)25)9-7-8-16(2)3/h6,8,10-12,14H,1,7,9,13,15H2,2-5H3. The first-order valence-corrected chi connectivity index (χ1v) is 9.72. The summed E-state index contributed by atoms with van der Waals surface area (Å²) in [6.07, 6.45) is 9.36. The molecule has 1 aliphatic carbocycles. The minimum Gasteiger partial charge on any atom is -0.496 e. The second-order valence-electron chi connectivity index (χ2n) is 7.56. The van der Waals surface area contributed by atoms with Crippen LogP contribution in [0.25, 0.3) is 10.8 Å². The van der Waals surface area contributed by atoms with Gasteiger partial charge in [0.25, 0.3) is 0 Å². The summed E-state index contributed by atoms with van der Waals surface area (Å²) in [6.45, 7) is 9.85. The summed E-state index contributed by atoms with van der Waals surface area (Å²) in [6, 6.07) is 6.14. The maximum atomic E-state index is 12.1. The summed E-state index contributed by atoms with van der Waals surface area (Å²) in [7, 11) is 1.71. The van der Waals surface area contributed by atoms with Crippen molar-refractivity contribution < 1.29 is 14.3 Å². The van der Waals surface area contributed by atoms with Crippen LogP contribution < -0.4 is 9.47 Å². The molecule has 0 saturated heterocycles. The normalized spacial score (nSPS) is 12.8. The average molecular weight is 376 g/mol. The number of benzene rings is 2. The molecule has 3 nitrogen and oxygen atoms in total. The molecule has 0 spiro atoms. The Morgan fingerprint density at radius 2 is 1.96 bits per heavy atom. The van der Waals surface area contributed by atoms with Crippen LogP contribution >= 0.6 is 0 Å². The molecule has 0 atom stereocenters. The fourth-order valence-corrected chi connectivity index (χ4v) is 3.82. The van der Waals surface area contributed by atoms with Gasteiger partial charge in [0.2, 0.25) is 0 Å². The second kappa shape index (κ2) is 8.47. The maximum Gasteiger partial charge on any atom is 0.335 e. The average Bonchev–Trinajstić information content (AvgIpc) is 2.67. The van der Waals surface area contributed by atoms with Gasteiger partial charge in [-0.1, -0.05) is 47.6 Å². The highest BCUT2D eigenvalue weighted by Crippen LogP contribution is 2.44. The number of aryl methyl sites for hydroxylation is 1. The van der Waals surface area contributed by atoms with Crippen molar-refractivity contribution in [3.8, 4) is 11.5 Å². The number of allylic oxidation sites excluding steroid dienone is 4. The fraction of sp³-hybridized carbons (Fsp3) is 0.320. The Kier molecular flexibility index (Phi) is 6.03. The van der Waals surface area contributed by atoms with Crippen LogP contribution in [0.1, 0.15) is 43.4 Å². The molecule has 2 aromatic carbocycles. The first-order valence-electron chi connectivity index (χ1n) is 9.72. The van der Waals surface area contributed by atoms with Crippen LogP contribution in [-0.4, -0.2) is 13.1 Å². The monoisotopic (exact) mass is 376 g/mol. The van der Waals surface area contributed by atoms with E-state index < -0.39 is 5.97 Å². The van der Waals surface area contributed by atoms with Crippen molar-refractivity contribution in [3.63, 3.8) is 0 Å². The van der Waals surface area contributed by atoms with Gasteiger partial charge < -0.3 is 9.47 Å². The Labute approximate surface area is 167 Å².